The van der Waals surface area contributed by atoms with Crippen LogP contribution >= 0.6 is 15.2 Å². The summed E-state index contributed by atoms with van der Waals surface area (Å²) in [5, 5.41) is 0. The zero-order chi connectivity index (χ0) is 10.2. The largest absolute Gasteiger partial charge is 0.409 e. The molecule has 0 heterocycles. The van der Waals surface area contributed by atoms with Crippen LogP contribution in [0.1, 0.15) is 0 Å². The fraction of sp³-hybridized carbons (Fsp3) is 1.00. The molecule has 0 fully saturated rings. The van der Waals surface area contributed by atoms with E-state index in [1.807, 2.05) is 0 Å². The van der Waals surface area contributed by atoms with E-state index in [1.165, 1.54) is 0 Å². The highest BCUT2D eigenvalue weighted by Gasteiger charge is 2.49. The molecular weight excluding hydrogens is 224 g/mol. The molecule has 0 amide bonds. The molecule has 12 heavy (non-hydrogen) atoms. The molecule has 8 heteroatoms. The molecule has 0 aromatic heterocycles. The fourth-order valence-electron chi connectivity index (χ4n) is 0.340. The Kier molecular flexibility index (Phi) is 3.80. The van der Waals surface area contributed by atoms with Crippen molar-refractivity contribution in [2.75, 3.05) is 13.3 Å². The van der Waals surface area contributed by atoms with Crippen LogP contribution in [-0.2, 0) is 0 Å². The standard InChI is InChI=1S/C4H6F6P2/c1-11(3(5,6)7)12(2)4(8,9)10/h1-2H3. The van der Waals surface area contributed by atoms with Crippen LogP contribution < -0.4 is 0 Å². The van der Waals surface area contributed by atoms with Gasteiger partial charge in [0, 0.05) is 15.2 Å². The van der Waals surface area contributed by atoms with E-state index in [-0.39, 0.29) is 0 Å². The average molecular weight is 230 g/mol. The van der Waals surface area contributed by atoms with Crippen molar-refractivity contribution in [3.8, 4) is 0 Å². The van der Waals surface area contributed by atoms with Crippen molar-refractivity contribution >= 4 is 15.2 Å². The summed E-state index contributed by atoms with van der Waals surface area (Å²) >= 11 is 0. The molecule has 0 aromatic carbocycles. The molecule has 0 saturated carbocycles. The summed E-state index contributed by atoms with van der Waals surface area (Å²) in [6.45, 7) is 1.24. The van der Waals surface area contributed by atoms with Gasteiger partial charge in [0.25, 0.3) is 0 Å². The van der Waals surface area contributed by atoms with Crippen molar-refractivity contribution in [1.82, 2.24) is 0 Å². The monoisotopic (exact) mass is 230 g/mol. The Morgan fingerprint density at radius 3 is 0.917 bits per heavy atom. The summed E-state index contributed by atoms with van der Waals surface area (Å²) in [6.07, 6.45) is 0. The first-order chi connectivity index (χ1) is 5.07. The summed E-state index contributed by atoms with van der Waals surface area (Å²) in [7, 11) is -5.86. The zero-order valence-corrected chi connectivity index (χ0v) is 7.95. The van der Waals surface area contributed by atoms with Crippen LogP contribution in [0.5, 0.6) is 0 Å². The second-order valence-corrected chi connectivity index (χ2v) is 8.69. The van der Waals surface area contributed by atoms with Crippen molar-refractivity contribution in [3.63, 3.8) is 0 Å². The molecule has 74 valence electrons. The van der Waals surface area contributed by atoms with Crippen molar-refractivity contribution in [1.29, 1.82) is 0 Å². The molecular formula is C4H6F6P2. The first kappa shape index (κ1) is 12.4. The zero-order valence-electron chi connectivity index (χ0n) is 6.16. The van der Waals surface area contributed by atoms with E-state index < -0.39 is 27.1 Å². The van der Waals surface area contributed by atoms with Crippen molar-refractivity contribution in [3.05, 3.63) is 0 Å². The fourth-order valence-corrected chi connectivity index (χ4v) is 3.06. The Hall–Kier alpha value is 0.440. The van der Waals surface area contributed by atoms with Gasteiger partial charge in [0.05, 0.1) is 0 Å². The number of rotatable bonds is 1. The number of alkyl halides is 6. The Balaban J connectivity index is 4.41. The number of halogens is 6. The Morgan fingerprint density at radius 1 is 0.667 bits per heavy atom. The molecule has 0 N–H and O–H groups in total. The van der Waals surface area contributed by atoms with Gasteiger partial charge in [-0.2, -0.15) is 26.3 Å². The normalized spacial score (nSPS) is 19.0. The van der Waals surface area contributed by atoms with Gasteiger partial charge >= 0.3 is 11.8 Å². The van der Waals surface area contributed by atoms with Crippen LogP contribution in [0.3, 0.4) is 0 Å². The van der Waals surface area contributed by atoms with Crippen molar-refractivity contribution in [2.45, 2.75) is 11.8 Å². The van der Waals surface area contributed by atoms with Crippen LogP contribution in [0.25, 0.3) is 0 Å². The summed E-state index contributed by atoms with van der Waals surface area (Å²) in [5.74, 6) is -9.38. The van der Waals surface area contributed by atoms with Gasteiger partial charge in [-0.05, 0) is 13.3 Å². The third-order valence-electron chi connectivity index (χ3n) is 1.18. The lowest BCUT2D eigenvalue weighted by molar-refractivity contribution is -0.0456. The summed E-state index contributed by atoms with van der Waals surface area (Å²) < 4.78 is 70.6. The highest BCUT2D eigenvalue weighted by molar-refractivity contribution is 8.30. The molecule has 0 spiro atoms. The van der Waals surface area contributed by atoms with Gasteiger partial charge in [-0.3, -0.25) is 0 Å². The summed E-state index contributed by atoms with van der Waals surface area (Å²) in [4.78, 5) is 0. The van der Waals surface area contributed by atoms with Gasteiger partial charge in [0.1, 0.15) is 0 Å². The Morgan fingerprint density at radius 2 is 0.833 bits per heavy atom. The number of hydrogen-bond donors (Lipinski definition) is 0. The minimum atomic E-state index is -4.69. The average Bonchev–Trinajstić information content (AvgIpc) is 1.80. The van der Waals surface area contributed by atoms with E-state index >= 15 is 0 Å². The van der Waals surface area contributed by atoms with E-state index in [0.717, 1.165) is 0 Å². The third kappa shape index (κ3) is 3.44. The maximum atomic E-state index is 11.8. The first-order valence-electron chi connectivity index (χ1n) is 2.68. The predicted octanol–water partition coefficient (Wildman–Crippen LogP) is 4.16. The molecule has 0 nitrogen and oxygen atoms in total. The second kappa shape index (κ2) is 3.67. The maximum absolute atomic E-state index is 11.8. The molecule has 0 aromatic rings. The van der Waals surface area contributed by atoms with Gasteiger partial charge in [-0.25, -0.2) is 0 Å². The lowest BCUT2D eigenvalue weighted by Gasteiger charge is -2.24. The third-order valence-corrected chi connectivity index (χ3v) is 7.61. The quantitative estimate of drug-likeness (QED) is 0.468. The highest BCUT2D eigenvalue weighted by atomic mass is 32.1. The van der Waals surface area contributed by atoms with E-state index in [2.05, 4.69) is 0 Å². The molecule has 0 bridgehead atoms. The molecule has 0 rings (SSSR count). The van der Waals surface area contributed by atoms with Crippen LogP contribution in [0.2, 0.25) is 0 Å². The van der Waals surface area contributed by atoms with Gasteiger partial charge in [0.2, 0.25) is 0 Å². The molecule has 0 aliphatic rings. The lowest BCUT2D eigenvalue weighted by Crippen LogP contribution is -2.10. The molecule has 0 aliphatic carbocycles. The molecule has 0 aliphatic heterocycles. The SMILES string of the molecule is CP(P(C)C(F)(F)F)C(F)(F)F. The van der Waals surface area contributed by atoms with Crippen LogP contribution in [0.4, 0.5) is 26.3 Å². The van der Waals surface area contributed by atoms with Crippen LogP contribution in [0, 0.1) is 0 Å². The van der Waals surface area contributed by atoms with Gasteiger partial charge in [0.15, 0.2) is 0 Å². The first-order valence-corrected chi connectivity index (χ1v) is 6.96. The summed E-state index contributed by atoms with van der Waals surface area (Å²) in [5.41, 5.74) is 0. The maximum Gasteiger partial charge on any atom is 0.409 e. The number of hydrogen-bond acceptors (Lipinski definition) is 0. The second-order valence-electron chi connectivity index (χ2n) is 1.98. The van der Waals surface area contributed by atoms with Crippen LogP contribution in [0.15, 0.2) is 0 Å². The molecule has 2 atom stereocenters. The van der Waals surface area contributed by atoms with E-state index in [9.17, 15) is 26.3 Å². The highest BCUT2D eigenvalue weighted by Crippen LogP contribution is 2.79. The molecule has 2 unspecified atom stereocenters. The molecule has 0 radical (unpaired) electrons. The van der Waals surface area contributed by atoms with Gasteiger partial charge in [-0.15, -0.1) is 0 Å². The minimum absolute atomic E-state index is 0.620. The Bertz CT molecular complexity index is 131. The van der Waals surface area contributed by atoms with Gasteiger partial charge < -0.3 is 0 Å². The topological polar surface area (TPSA) is 0 Å². The predicted molar refractivity (Wildman–Crippen MR) is 37.8 cm³/mol. The van der Waals surface area contributed by atoms with Gasteiger partial charge in [-0.1, -0.05) is 0 Å². The lowest BCUT2D eigenvalue weighted by atomic mass is 11.5. The van der Waals surface area contributed by atoms with E-state index in [0.29, 0.717) is 13.3 Å². The van der Waals surface area contributed by atoms with Crippen molar-refractivity contribution in [2.24, 2.45) is 0 Å². The summed E-state index contributed by atoms with van der Waals surface area (Å²) in [6, 6.07) is 0. The molecule has 0 saturated heterocycles. The Labute approximate surface area is 67.7 Å². The van der Waals surface area contributed by atoms with E-state index in [4.69, 9.17) is 0 Å². The minimum Gasteiger partial charge on any atom is -0.167 e. The van der Waals surface area contributed by atoms with E-state index in [1.54, 1.807) is 0 Å². The van der Waals surface area contributed by atoms with Crippen molar-refractivity contribution < 1.29 is 26.3 Å². The smallest absolute Gasteiger partial charge is 0.167 e. The van der Waals surface area contributed by atoms with Crippen LogP contribution in [-0.4, -0.2) is 25.2 Å².